The minimum Gasteiger partial charge on any atom is -0.368 e. The predicted octanol–water partition coefficient (Wildman–Crippen LogP) is 2.43. The van der Waals surface area contributed by atoms with Crippen molar-refractivity contribution in [2.24, 2.45) is 5.92 Å². The number of nitrogens with one attached hydrogen (secondary N) is 1. The van der Waals surface area contributed by atoms with E-state index in [1.54, 1.807) is 6.33 Å². The summed E-state index contributed by atoms with van der Waals surface area (Å²) in [5.74, 6) is 0.635. The van der Waals surface area contributed by atoms with Crippen LogP contribution < -0.4 is 5.32 Å². The first kappa shape index (κ1) is 18.9. The van der Waals surface area contributed by atoms with Crippen molar-refractivity contribution in [1.82, 2.24) is 19.5 Å². The molecular weight excluding hydrogens is 374 g/mol. The van der Waals surface area contributed by atoms with Gasteiger partial charge in [-0.25, -0.2) is 15.0 Å². The first-order valence-electron chi connectivity index (χ1n) is 10.4. The Morgan fingerprint density at radius 3 is 2.76 bits per heavy atom. The van der Waals surface area contributed by atoms with Crippen LogP contribution in [0.25, 0.3) is 11.2 Å². The number of rotatable bonds is 5. The van der Waals surface area contributed by atoms with E-state index in [1.165, 1.54) is 38.4 Å². The molecule has 156 valence electrons. The molecule has 0 unspecified atom stereocenters. The van der Waals surface area contributed by atoms with E-state index in [-0.39, 0.29) is 0 Å². The minimum absolute atomic E-state index is 0.411. The van der Waals surface area contributed by atoms with Crippen LogP contribution in [0.15, 0.2) is 12.7 Å². The van der Waals surface area contributed by atoms with Crippen LogP contribution in [0.4, 0.5) is 5.82 Å². The Balaban J connectivity index is 1.40. The fourth-order valence-corrected chi connectivity index (χ4v) is 4.74. The maximum Gasteiger partial charge on any atom is 0.167 e. The molecule has 0 spiro atoms. The highest BCUT2D eigenvalue weighted by Gasteiger charge is 2.56. The zero-order chi connectivity index (χ0) is 20.0. The molecule has 5 rings (SSSR count). The molecule has 1 aliphatic carbocycles. The van der Waals surface area contributed by atoms with Gasteiger partial charge in [0.25, 0.3) is 0 Å². The molecule has 4 atom stereocenters. The topological polar surface area (TPSA) is 100 Å². The molecule has 3 fully saturated rings. The van der Waals surface area contributed by atoms with Crippen LogP contribution >= 0.6 is 0 Å². The van der Waals surface area contributed by atoms with E-state index >= 15 is 0 Å². The summed E-state index contributed by atoms with van der Waals surface area (Å²) in [4.78, 5) is 24.9. The molecule has 2 aromatic heterocycles. The average Bonchev–Trinajstić information content (AvgIpc) is 3.37. The van der Waals surface area contributed by atoms with Gasteiger partial charge in [-0.15, -0.1) is 0 Å². The number of hydrogen-bond acceptors (Lipinski definition) is 8. The van der Waals surface area contributed by atoms with Crippen molar-refractivity contribution in [2.45, 2.75) is 76.3 Å². The normalized spacial score (nSPS) is 31.8. The largest absolute Gasteiger partial charge is 0.368 e. The van der Waals surface area contributed by atoms with Gasteiger partial charge in [-0.1, -0.05) is 19.3 Å². The molecule has 0 radical (unpaired) electrons. The first-order chi connectivity index (χ1) is 14.1. The van der Waals surface area contributed by atoms with Crippen LogP contribution in [-0.4, -0.2) is 56.4 Å². The second kappa shape index (κ2) is 7.30. The van der Waals surface area contributed by atoms with Gasteiger partial charge in [0.1, 0.15) is 24.6 Å². The van der Waals surface area contributed by atoms with Crippen molar-refractivity contribution in [1.29, 1.82) is 0 Å². The fourth-order valence-electron chi connectivity index (χ4n) is 4.74. The third-order valence-electron chi connectivity index (χ3n) is 6.11. The molecule has 2 saturated heterocycles. The van der Waals surface area contributed by atoms with E-state index in [4.69, 9.17) is 14.2 Å². The van der Waals surface area contributed by atoms with Crippen molar-refractivity contribution in [3.63, 3.8) is 0 Å². The van der Waals surface area contributed by atoms with Gasteiger partial charge in [0.15, 0.2) is 35.3 Å². The Bertz CT molecular complexity index is 894. The Morgan fingerprint density at radius 2 is 1.97 bits per heavy atom. The molecule has 29 heavy (non-hydrogen) atoms. The van der Waals surface area contributed by atoms with E-state index in [0.717, 1.165) is 18.6 Å². The highest BCUT2D eigenvalue weighted by atomic mass is 16.8. The summed E-state index contributed by atoms with van der Waals surface area (Å²) < 4.78 is 19.7. The quantitative estimate of drug-likeness (QED) is 0.763. The van der Waals surface area contributed by atoms with E-state index in [2.05, 4.69) is 20.3 Å². The van der Waals surface area contributed by atoms with Gasteiger partial charge < -0.3 is 24.3 Å². The predicted molar refractivity (Wildman–Crippen MR) is 104 cm³/mol. The molecule has 2 aliphatic heterocycles. The second-order valence-electron chi connectivity index (χ2n) is 8.62. The lowest BCUT2D eigenvalue weighted by atomic mass is 9.89. The van der Waals surface area contributed by atoms with Gasteiger partial charge in [-0.3, -0.25) is 4.57 Å². The molecule has 0 bridgehead atoms. The summed E-state index contributed by atoms with van der Waals surface area (Å²) in [7, 11) is 0. The van der Waals surface area contributed by atoms with E-state index < -0.39 is 30.3 Å². The monoisotopic (exact) mass is 401 g/mol. The van der Waals surface area contributed by atoms with Crippen LogP contribution in [0, 0.1) is 5.92 Å². The minimum atomic E-state index is -0.767. The molecule has 9 heteroatoms. The van der Waals surface area contributed by atoms with Crippen molar-refractivity contribution >= 4 is 23.3 Å². The van der Waals surface area contributed by atoms with Gasteiger partial charge in [0, 0.05) is 6.54 Å². The Hall–Kier alpha value is -2.10. The smallest absolute Gasteiger partial charge is 0.167 e. The lowest BCUT2D eigenvalue weighted by Gasteiger charge is -2.23. The molecule has 0 aromatic carbocycles. The molecule has 2 aromatic rings. The summed E-state index contributed by atoms with van der Waals surface area (Å²) in [5, 5.41) is 3.46. The van der Waals surface area contributed by atoms with Crippen molar-refractivity contribution < 1.29 is 19.0 Å². The zero-order valence-corrected chi connectivity index (χ0v) is 16.8. The summed E-state index contributed by atoms with van der Waals surface area (Å²) in [6, 6.07) is 0. The number of hydrogen-bond donors (Lipinski definition) is 1. The van der Waals surface area contributed by atoms with E-state index in [0.29, 0.717) is 17.1 Å². The summed E-state index contributed by atoms with van der Waals surface area (Å²) in [5.41, 5.74) is 1.34. The molecule has 4 heterocycles. The number of aldehydes is 1. The number of fused-ring (bicyclic) bond motifs is 2. The number of ether oxygens (including phenoxy) is 3. The highest BCUT2D eigenvalue weighted by Crippen LogP contribution is 2.43. The highest BCUT2D eigenvalue weighted by molar-refractivity contribution is 5.82. The second-order valence-corrected chi connectivity index (χ2v) is 8.62. The van der Waals surface area contributed by atoms with Gasteiger partial charge in [0.2, 0.25) is 0 Å². The number of imidazole rings is 1. The lowest BCUT2D eigenvalue weighted by Crippen LogP contribution is -2.30. The summed E-state index contributed by atoms with van der Waals surface area (Å²) in [6.07, 6.45) is 8.36. The third-order valence-corrected chi connectivity index (χ3v) is 6.11. The van der Waals surface area contributed by atoms with Crippen molar-refractivity contribution in [2.75, 3.05) is 11.9 Å². The van der Waals surface area contributed by atoms with Crippen LogP contribution in [0.3, 0.4) is 0 Å². The van der Waals surface area contributed by atoms with Crippen molar-refractivity contribution in [3.05, 3.63) is 12.7 Å². The van der Waals surface area contributed by atoms with Gasteiger partial charge in [-0.05, 0) is 32.6 Å². The molecule has 3 aliphatic rings. The SMILES string of the molecule is CC1(C)O[C@@H]2[C@@H](O1)[C@H](n1cnc3c(NCC4CCCCC4)ncnc31)O[C@H]2C=O. The molecule has 1 saturated carbocycles. The van der Waals surface area contributed by atoms with Crippen molar-refractivity contribution in [3.8, 4) is 0 Å². The maximum absolute atomic E-state index is 11.5. The Kier molecular flexibility index (Phi) is 4.76. The summed E-state index contributed by atoms with van der Waals surface area (Å²) in [6.45, 7) is 4.57. The number of aromatic nitrogens is 4. The first-order valence-corrected chi connectivity index (χ1v) is 10.4. The molecule has 1 N–H and O–H groups in total. The zero-order valence-electron chi connectivity index (χ0n) is 16.8. The number of nitrogens with zero attached hydrogens (tertiary/aromatic N) is 4. The van der Waals surface area contributed by atoms with E-state index in [1.807, 2.05) is 18.4 Å². The maximum atomic E-state index is 11.5. The molecule has 9 nitrogen and oxygen atoms in total. The third kappa shape index (κ3) is 3.41. The van der Waals surface area contributed by atoms with Gasteiger partial charge in [-0.2, -0.15) is 0 Å². The number of anilines is 1. The Morgan fingerprint density at radius 1 is 1.17 bits per heavy atom. The molecular formula is C20H27N5O4. The lowest BCUT2D eigenvalue weighted by molar-refractivity contribution is -0.194. The van der Waals surface area contributed by atoms with Gasteiger partial charge in [0.05, 0.1) is 6.33 Å². The van der Waals surface area contributed by atoms with Crippen LogP contribution in [0.2, 0.25) is 0 Å². The molecule has 0 amide bonds. The Labute approximate surface area is 169 Å². The van der Waals surface area contributed by atoms with Crippen LogP contribution in [-0.2, 0) is 19.0 Å². The standard InChI is InChI=1S/C20H27N5O4/c1-20(2)28-15-13(9-26)27-19(16(15)29-20)25-11-24-14-17(22-10-23-18(14)25)21-8-12-6-4-3-5-7-12/h9-13,15-16,19H,3-8H2,1-2H3,(H,21,22,23)/t13-,15-,16+,19+/m0/s1. The van der Waals surface area contributed by atoms with Crippen LogP contribution in [0.1, 0.15) is 52.2 Å². The number of carbonyl (C=O) groups is 1. The van der Waals surface area contributed by atoms with Crippen LogP contribution in [0.5, 0.6) is 0 Å². The average molecular weight is 401 g/mol. The number of carbonyl (C=O) groups excluding carboxylic acids is 1. The fraction of sp³-hybridized carbons (Fsp3) is 0.700. The summed E-state index contributed by atoms with van der Waals surface area (Å²) >= 11 is 0. The van der Waals surface area contributed by atoms with Gasteiger partial charge >= 0.3 is 0 Å². The van der Waals surface area contributed by atoms with E-state index in [9.17, 15) is 4.79 Å².